The van der Waals surface area contributed by atoms with E-state index in [-0.39, 0.29) is 41.2 Å². The molecule has 6 bridgehead atoms. The van der Waals surface area contributed by atoms with Gasteiger partial charge in [0.25, 0.3) is 0 Å². The van der Waals surface area contributed by atoms with Crippen LogP contribution in [0.15, 0.2) is 30.5 Å². The van der Waals surface area contributed by atoms with Gasteiger partial charge in [-0.25, -0.2) is 0 Å². The van der Waals surface area contributed by atoms with Gasteiger partial charge in [-0.2, -0.15) is 0 Å². The SMILES string of the molecule is O=C1C2OC[C@@H](O2)[C@H]2C(C(=O)C34CC5CC(CC(C5)C3)C4)N3C=Cc4ccccc4[C@H]3[C@@H]12. The maximum Gasteiger partial charge on any atom is 0.218 e. The number of Topliss-reactive ketones (excluding diaryl/α,β-unsaturated/α-hetero) is 2. The molecule has 8 aliphatic rings. The summed E-state index contributed by atoms with van der Waals surface area (Å²) >= 11 is 0. The molecule has 7 fully saturated rings. The molecule has 5 nitrogen and oxygen atoms in total. The molecular formula is C27H29NO4. The van der Waals surface area contributed by atoms with Crippen molar-refractivity contribution in [3.63, 3.8) is 0 Å². The van der Waals surface area contributed by atoms with Crippen LogP contribution in [0.4, 0.5) is 0 Å². The second-order valence-electron chi connectivity index (χ2n) is 11.7. The van der Waals surface area contributed by atoms with E-state index in [9.17, 15) is 9.59 Å². The molecule has 166 valence electrons. The Labute approximate surface area is 188 Å². The number of hydrogen-bond acceptors (Lipinski definition) is 5. The van der Waals surface area contributed by atoms with Gasteiger partial charge in [0.05, 0.1) is 30.7 Å². The summed E-state index contributed by atoms with van der Waals surface area (Å²) in [5.41, 5.74) is 2.13. The molecule has 4 saturated carbocycles. The highest BCUT2D eigenvalue weighted by Gasteiger charge is 2.66. The van der Waals surface area contributed by atoms with E-state index >= 15 is 0 Å². The highest BCUT2D eigenvalue weighted by atomic mass is 16.7. The van der Waals surface area contributed by atoms with Gasteiger partial charge in [-0.3, -0.25) is 9.59 Å². The molecule has 5 heteroatoms. The van der Waals surface area contributed by atoms with Crippen molar-refractivity contribution in [3.8, 4) is 0 Å². The summed E-state index contributed by atoms with van der Waals surface area (Å²) in [5.74, 6) is 2.24. The Morgan fingerprint density at radius 3 is 2.50 bits per heavy atom. The first kappa shape index (κ1) is 18.4. The third kappa shape index (κ3) is 2.22. The Bertz CT molecular complexity index is 1030. The minimum Gasteiger partial charge on any atom is -0.359 e. The maximum absolute atomic E-state index is 14.6. The molecule has 3 saturated heterocycles. The van der Waals surface area contributed by atoms with E-state index in [1.165, 1.54) is 24.8 Å². The van der Waals surface area contributed by atoms with E-state index in [0.717, 1.165) is 42.6 Å². The fourth-order valence-electron chi connectivity index (χ4n) is 9.35. The largest absolute Gasteiger partial charge is 0.359 e. The number of fused-ring (bicyclic) bond motifs is 8. The highest BCUT2D eigenvalue weighted by molar-refractivity contribution is 5.95. The molecule has 4 aliphatic carbocycles. The van der Waals surface area contributed by atoms with E-state index < -0.39 is 6.29 Å². The fraction of sp³-hybridized carbons (Fsp3) is 0.630. The number of ether oxygens (including phenoxy) is 2. The third-order valence-electron chi connectivity index (χ3n) is 10.0. The second kappa shape index (κ2) is 6.12. The van der Waals surface area contributed by atoms with Crippen LogP contribution in [0.2, 0.25) is 0 Å². The third-order valence-corrected chi connectivity index (χ3v) is 10.0. The van der Waals surface area contributed by atoms with Crippen molar-refractivity contribution in [2.45, 2.75) is 63.0 Å². The van der Waals surface area contributed by atoms with Gasteiger partial charge in [-0.15, -0.1) is 0 Å². The normalized spacial score (nSPS) is 49.2. The summed E-state index contributed by atoms with van der Waals surface area (Å²) in [6, 6.07) is 7.96. The molecule has 9 rings (SSSR count). The molecule has 6 atom stereocenters. The Morgan fingerprint density at radius 1 is 1.03 bits per heavy atom. The molecule has 2 unspecified atom stereocenters. The summed E-state index contributed by atoms with van der Waals surface area (Å²) in [7, 11) is 0. The van der Waals surface area contributed by atoms with Gasteiger partial charge >= 0.3 is 0 Å². The Balaban J connectivity index is 1.26. The van der Waals surface area contributed by atoms with Crippen LogP contribution in [0.5, 0.6) is 0 Å². The quantitative estimate of drug-likeness (QED) is 0.714. The number of nitrogens with zero attached hydrogens (tertiary/aromatic N) is 1. The smallest absolute Gasteiger partial charge is 0.218 e. The van der Waals surface area contributed by atoms with Crippen molar-refractivity contribution in [1.29, 1.82) is 0 Å². The van der Waals surface area contributed by atoms with Crippen LogP contribution in [0.25, 0.3) is 6.08 Å². The molecule has 0 amide bonds. The Hall–Kier alpha value is -1.98. The topological polar surface area (TPSA) is 55.8 Å². The average molecular weight is 432 g/mol. The number of rotatable bonds is 2. The molecule has 0 aromatic heterocycles. The van der Waals surface area contributed by atoms with Crippen molar-refractivity contribution < 1.29 is 19.1 Å². The van der Waals surface area contributed by atoms with Crippen LogP contribution in [-0.2, 0) is 19.1 Å². The van der Waals surface area contributed by atoms with Gasteiger partial charge in [0, 0.05) is 17.5 Å². The minimum absolute atomic E-state index is 0.0321. The lowest BCUT2D eigenvalue weighted by molar-refractivity contribution is -0.166. The molecule has 4 heterocycles. The zero-order valence-electron chi connectivity index (χ0n) is 18.2. The molecule has 32 heavy (non-hydrogen) atoms. The van der Waals surface area contributed by atoms with E-state index in [4.69, 9.17) is 9.47 Å². The van der Waals surface area contributed by atoms with Gasteiger partial charge in [0.1, 0.15) is 0 Å². The molecule has 0 spiro atoms. The predicted molar refractivity (Wildman–Crippen MR) is 116 cm³/mol. The first-order valence-electron chi connectivity index (χ1n) is 12.5. The second-order valence-corrected chi connectivity index (χ2v) is 11.7. The molecule has 1 aromatic rings. The lowest BCUT2D eigenvalue weighted by atomic mass is 9.47. The molecule has 4 aliphatic heterocycles. The van der Waals surface area contributed by atoms with E-state index in [0.29, 0.717) is 12.4 Å². The lowest BCUT2D eigenvalue weighted by Gasteiger charge is -2.57. The van der Waals surface area contributed by atoms with Crippen LogP contribution in [0.3, 0.4) is 0 Å². The van der Waals surface area contributed by atoms with E-state index in [2.05, 4.69) is 29.3 Å². The number of carbonyl (C=O) groups is 2. The highest BCUT2D eigenvalue weighted by Crippen LogP contribution is 2.63. The molecular weight excluding hydrogens is 402 g/mol. The predicted octanol–water partition coefficient (Wildman–Crippen LogP) is 3.74. The zero-order chi connectivity index (χ0) is 21.2. The number of hydrogen-bond donors (Lipinski definition) is 0. The fourth-order valence-corrected chi connectivity index (χ4v) is 9.35. The minimum atomic E-state index is -0.755. The zero-order valence-corrected chi connectivity index (χ0v) is 18.2. The summed E-state index contributed by atoms with van der Waals surface area (Å²) in [4.78, 5) is 30.4. The first-order chi connectivity index (χ1) is 15.6. The van der Waals surface area contributed by atoms with Gasteiger partial charge < -0.3 is 14.4 Å². The van der Waals surface area contributed by atoms with E-state index in [1.54, 1.807) is 0 Å². The maximum atomic E-state index is 14.6. The van der Waals surface area contributed by atoms with Crippen LogP contribution >= 0.6 is 0 Å². The molecule has 1 aromatic carbocycles. The van der Waals surface area contributed by atoms with Crippen LogP contribution < -0.4 is 0 Å². The number of benzene rings is 1. The van der Waals surface area contributed by atoms with Crippen LogP contribution in [0, 0.1) is 35.0 Å². The average Bonchev–Trinajstić information content (AvgIpc) is 3.37. The number of ketones is 2. The van der Waals surface area contributed by atoms with E-state index in [1.807, 2.05) is 12.1 Å². The van der Waals surface area contributed by atoms with Crippen molar-refractivity contribution in [2.75, 3.05) is 6.61 Å². The van der Waals surface area contributed by atoms with Gasteiger partial charge in [0.15, 0.2) is 11.6 Å². The van der Waals surface area contributed by atoms with Crippen molar-refractivity contribution in [1.82, 2.24) is 4.90 Å². The molecule has 0 N–H and O–H groups in total. The molecule has 0 radical (unpaired) electrons. The number of carbonyl (C=O) groups excluding carboxylic acids is 2. The van der Waals surface area contributed by atoms with Crippen molar-refractivity contribution in [3.05, 3.63) is 41.6 Å². The summed E-state index contributed by atoms with van der Waals surface area (Å²) in [6.07, 6.45) is 10.5. The van der Waals surface area contributed by atoms with Crippen LogP contribution in [0.1, 0.15) is 55.7 Å². The van der Waals surface area contributed by atoms with Gasteiger partial charge in [0.2, 0.25) is 6.29 Å². The van der Waals surface area contributed by atoms with Crippen molar-refractivity contribution >= 4 is 17.6 Å². The van der Waals surface area contributed by atoms with Crippen molar-refractivity contribution in [2.24, 2.45) is 35.0 Å². The lowest BCUT2D eigenvalue weighted by Crippen LogP contribution is -2.57. The summed E-state index contributed by atoms with van der Waals surface area (Å²) in [6.45, 7) is 0.425. The van der Waals surface area contributed by atoms with Gasteiger partial charge in [-0.1, -0.05) is 24.3 Å². The Kier molecular flexibility index (Phi) is 3.53. The summed E-state index contributed by atoms with van der Waals surface area (Å²) < 4.78 is 11.8. The summed E-state index contributed by atoms with van der Waals surface area (Å²) in [5, 5.41) is 0. The van der Waals surface area contributed by atoms with Gasteiger partial charge in [-0.05, 0) is 73.5 Å². The monoisotopic (exact) mass is 431 g/mol. The standard InChI is InChI=1S/C27H29NO4/c29-24-21-20(19-13-31-26(24)32-19)23(28-6-5-17-3-1-2-4-18(17)22(21)28)25(30)27-10-14-7-15(11-27)9-16(8-14)12-27/h1-6,14-16,19-23,26H,7-13H2/t14?,15?,16?,19-,20-,21+,22+,23?,26?,27?/m1/s1. The Morgan fingerprint density at radius 2 is 1.75 bits per heavy atom. The first-order valence-corrected chi connectivity index (χ1v) is 12.5. The van der Waals surface area contributed by atoms with Crippen LogP contribution in [-0.4, -0.2) is 41.5 Å².